The normalized spacial score (nSPS) is 15.1. The molecule has 1 aromatic heterocycles. The van der Waals surface area contributed by atoms with Gasteiger partial charge in [0.2, 0.25) is 5.82 Å². The number of carbonyl (C=O) groups is 1. The van der Waals surface area contributed by atoms with Crippen LogP contribution in [0.15, 0.2) is 47.0 Å². The molecule has 2 aromatic carbocycles. The zero-order chi connectivity index (χ0) is 18.8. The van der Waals surface area contributed by atoms with E-state index in [0.29, 0.717) is 28.8 Å². The van der Waals surface area contributed by atoms with E-state index in [4.69, 9.17) is 30.3 Å². The van der Waals surface area contributed by atoms with Crippen molar-refractivity contribution < 1.29 is 23.5 Å². The Balaban J connectivity index is 1.37. The van der Waals surface area contributed by atoms with Gasteiger partial charge in [0.05, 0.1) is 7.11 Å². The van der Waals surface area contributed by atoms with Gasteiger partial charge in [0.15, 0.2) is 12.7 Å². The van der Waals surface area contributed by atoms with Gasteiger partial charge in [-0.2, -0.15) is 4.98 Å². The smallest absolute Gasteiger partial charge is 0.348 e. The molecule has 0 amide bonds. The molecule has 0 spiro atoms. The van der Waals surface area contributed by atoms with Crippen LogP contribution in [0.4, 0.5) is 0 Å². The second-order valence-electron chi connectivity index (χ2n) is 5.91. The molecule has 0 saturated carbocycles. The maximum atomic E-state index is 12.2. The van der Waals surface area contributed by atoms with Gasteiger partial charge in [0, 0.05) is 17.0 Å². The van der Waals surface area contributed by atoms with Crippen molar-refractivity contribution in [2.75, 3.05) is 7.11 Å². The van der Waals surface area contributed by atoms with E-state index < -0.39 is 12.1 Å². The predicted octanol–water partition coefficient (Wildman–Crippen LogP) is 3.45. The number of nitrogens with zero attached hydrogens (tertiary/aromatic N) is 2. The summed E-state index contributed by atoms with van der Waals surface area (Å²) in [5.74, 6) is 1.41. The lowest BCUT2D eigenvalue weighted by Crippen LogP contribution is -2.27. The highest BCUT2D eigenvalue weighted by molar-refractivity contribution is 6.30. The Bertz CT molecular complexity index is 988. The third kappa shape index (κ3) is 3.73. The summed E-state index contributed by atoms with van der Waals surface area (Å²) in [5, 5.41) is 4.50. The van der Waals surface area contributed by atoms with Crippen LogP contribution in [0.3, 0.4) is 0 Å². The summed E-state index contributed by atoms with van der Waals surface area (Å²) in [7, 11) is 1.58. The van der Waals surface area contributed by atoms with Crippen LogP contribution >= 0.6 is 11.6 Å². The number of halogens is 1. The molecule has 1 aliphatic heterocycles. The highest BCUT2D eigenvalue weighted by Gasteiger charge is 2.31. The molecule has 1 atom stereocenters. The highest BCUT2D eigenvalue weighted by Crippen LogP contribution is 2.31. The first-order valence-corrected chi connectivity index (χ1v) is 8.59. The maximum Gasteiger partial charge on any atom is 0.348 e. The van der Waals surface area contributed by atoms with E-state index in [1.54, 1.807) is 31.4 Å². The Labute approximate surface area is 159 Å². The molecule has 8 heteroatoms. The highest BCUT2D eigenvalue weighted by atomic mass is 35.5. The Hall–Kier alpha value is -3.06. The van der Waals surface area contributed by atoms with Crippen LogP contribution < -0.4 is 9.47 Å². The van der Waals surface area contributed by atoms with E-state index in [9.17, 15) is 4.79 Å². The number of rotatable bonds is 5. The molecule has 138 valence electrons. The quantitative estimate of drug-likeness (QED) is 0.621. The molecular weight excluding hydrogens is 372 g/mol. The van der Waals surface area contributed by atoms with Gasteiger partial charge in [0.25, 0.3) is 5.89 Å². The molecule has 2 heterocycles. The number of carbonyl (C=O) groups excluding carboxylic acids is 1. The summed E-state index contributed by atoms with van der Waals surface area (Å²) in [6.07, 6.45) is -0.299. The Kier molecular flexibility index (Phi) is 4.68. The number of aromatic nitrogens is 2. The van der Waals surface area contributed by atoms with Crippen LogP contribution in [0.25, 0.3) is 11.4 Å². The van der Waals surface area contributed by atoms with Gasteiger partial charge < -0.3 is 18.7 Å². The van der Waals surface area contributed by atoms with E-state index in [0.717, 1.165) is 11.1 Å². The van der Waals surface area contributed by atoms with Crippen molar-refractivity contribution in [3.05, 3.63) is 58.9 Å². The van der Waals surface area contributed by atoms with Crippen molar-refractivity contribution >= 4 is 17.6 Å². The zero-order valence-corrected chi connectivity index (χ0v) is 15.1. The minimum absolute atomic E-state index is 0.132. The van der Waals surface area contributed by atoms with E-state index >= 15 is 0 Å². The average molecular weight is 387 g/mol. The average Bonchev–Trinajstić information content (AvgIpc) is 3.33. The number of hydrogen-bond acceptors (Lipinski definition) is 7. The molecule has 27 heavy (non-hydrogen) atoms. The van der Waals surface area contributed by atoms with Crippen LogP contribution in [0.1, 0.15) is 11.5 Å². The van der Waals surface area contributed by atoms with Crippen molar-refractivity contribution in [1.82, 2.24) is 10.1 Å². The van der Waals surface area contributed by atoms with Gasteiger partial charge in [0.1, 0.15) is 11.5 Å². The number of fused-ring (bicyclic) bond motifs is 1. The van der Waals surface area contributed by atoms with Crippen molar-refractivity contribution in [3.8, 4) is 22.9 Å². The van der Waals surface area contributed by atoms with Gasteiger partial charge >= 0.3 is 5.97 Å². The fraction of sp³-hybridized carbons (Fsp3) is 0.211. The second kappa shape index (κ2) is 7.28. The number of benzene rings is 2. The monoisotopic (exact) mass is 386 g/mol. The summed E-state index contributed by atoms with van der Waals surface area (Å²) < 4.78 is 21.2. The number of hydrogen-bond donors (Lipinski definition) is 0. The fourth-order valence-corrected chi connectivity index (χ4v) is 2.96. The molecular formula is C19H15ClN2O5. The second-order valence-corrected chi connectivity index (χ2v) is 6.35. The van der Waals surface area contributed by atoms with Crippen LogP contribution in [-0.2, 0) is 22.6 Å². The Morgan fingerprint density at radius 1 is 1.30 bits per heavy atom. The van der Waals surface area contributed by atoms with Crippen molar-refractivity contribution in [1.29, 1.82) is 0 Å². The molecule has 0 N–H and O–H groups in total. The van der Waals surface area contributed by atoms with Gasteiger partial charge in [-0.1, -0.05) is 28.9 Å². The van der Waals surface area contributed by atoms with E-state index in [2.05, 4.69) is 10.1 Å². The van der Waals surface area contributed by atoms with Crippen molar-refractivity contribution in [2.45, 2.75) is 19.1 Å². The first kappa shape index (κ1) is 17.4. The van der Waals surface area contributed by atoms with E-state index in [-0.39, 0.29) is 12.5 Å². The van der Waals surface area contributed by atoms with Crippen LogP contribution in [0, 0.1) is 0 Å². The third-order valence-corrected chi connectivity index (χ3v) is 4.33. The SMILES string of the molecule is COc1cccc(-c2noc(COC(=O)C3Cc4cc(Cl)ccc4O3)n2)c1. The fourth-order valence-electron chi connectivity index (χ4n) is 2.77. The molecule has 0 bridgehead atoms. The summed E-state index contributed by atoms with van der Waals surface area (Å²) >= 11 is 5.96. The predicted molar refractivity (Wildman–Crippen MR) is 95.7 cm³/mol. The zero-order valence-electron chi connectivity index (χ0n) is 14.3. The lowest BCUT2D eigenvalue weighted by atomic mass is 10.1. The molecule has 1 unspecified atom stereocenters. The van der Waals surface area contributed by atoms with Crippen LogP contribution in [-0.4, -0.2) is 29.3 Å². The molecule has 0 aliphatic carbocycles. The third-order valence-electron chi connectivity index (χ3n) is 4.09. The summed E-state index contributed by atoms with van der Waals surface area (Å²) in [4.78, 5) is 16.5. The summed E-state index contributed by atoms with van der Waals surface area (Å²) in [6.45, 7) is -0.132. The van der Waals surface area contributed by atoms with Gasteiger partial charge in [-0.25, -0.2) is 4.79 Å². The lowest BCUT2D eigenvalue weighted by molar-refractivity contribution is -0.153. The van der Waals surface area contributed by atoms with Gasteiger partial charge in [-0.3, -0.25) is 0 Å². The molecule has 0 fully saturated rings. The molecule has 3 aromatic rings. The molecule has 4 rings (SSSR count). The van der Waals surface area contributed by atoms with Crippen LogP contribution in [0.5, 0.6) is 11.5 Å². The standard InChI is InChI=1S/C19H15ClN2O5/c1-24-14-4-2-3-11(8-14)18-21-17(27-22-18)10-25-19(23)16-9-12-7-13(20)5-6-15(12)26-16/h2-8,16H,9-10H2,1H3. The minimum Gasteiger partial charge on any atom is -0.497 e. The van der Waals surface area contributed by atoms with E-state index in [1.165, 1.54) is 0 Å². The number of ether oxygens (including phenoxy) is 3. The molecule has 1 aliphatic rings. The molecule has 0 radical (unpaired) electrons. The molecule has 0 saturated heterocycles. The first-order valence-electron chi connectivity index (χ1n) is 8.21. The maximum absolute atomic E-state index is 12.2. The van der Waals surface area contributed by atoms with Crippen molar-refractivity contribution in [3.63, 3.8) is 0 Å². The Morgan fingerprint density at radius 2 is 2.19 bits per heavy atom. The van der Waals surface area contributed by atoms with Gasteiger partial charge in [-0.05, 0) is 35.9 Å². The first-order chi connectivity index (χ1) is 13.1. The molecule has 7 nitrogen and oxygen atoms in total. The Morgan fingerprint density at radius 3 is 3.04 bits per heavy atom. The van der Waals surface area contributed by atoms with Crippen molar-refractivity contribution in [2.24, 2.45) is 0 Å². The number of esters is 1. The lowest BCUT2D eigenvalue weighted by Gasteiger charge is -2.08. The largest absolute Gasteiger partial charge is 0.497 e. The topological polar surface area (TPSA) is 83.7 Å². The summed E-state index contributed by atoms with van der Waals surface area (Å²) in [5.41, 5.74) is 1.62. The summed E-state index contributed by atoms with van der Waals surface area (Å²) in [6, 6.07) is 12.5. The minimum atomic E-state index is -0.709. The van der Waals surface area contributed by atoms with E-state index in [1.807, 2.05) is 18.2 Å². The van der Waals surface area contributed by atoms with Crippen LogP contribution in [0.2, 0.25) is 5.02 Å². The van der Waals surface area contributed by atoms with Gasteiger partial charge in [-0.15, -0.1) is 0 Å². The number of methoxy groups -OCH3 is 1.